The summed E-state index contributed by atoms with van der Waals surface area (Å²) < 4.78 is 30.3. The SMILES string of the molecule is Cn1nc(-c2ccc(OC3CS(=O)(=O)C3)c(Br)c2)cc1N. The lowest BCUT2D eigenvalue weighted by Crippen LogP contribution is -2.45. The van der Waals surface area contributed by atoms with Crippen molar-refractivity contribution in [2.75, 3.05) is 17.2 Å². The Bertz CT molecular complexity index is 769. The summed E-state index contributed by atoms with van der Waals surface area (Å²) in [6, 6.07) is 7.34. The van der Waals surface area contributed by atoms with Crippen molar-refractivity contribution in [1.29, 1.82) is 0 Å². The fourth-order valence-electron chi connectivity index (χ4n) is 2.14. The molecule has 1 aromatic carbocycles. The smallest absolute Gasteiger partial charge is 0.157 e. The van der Waals surface area contributed by atoms with Crippen LogP contribution in [0.15, 0.2) is 28.7 Å². The lowest BCUT2D eigenvalue weighted by atomic mass is 10.1. The van der Waals surface area contributed by atoms with Gasteiger partial charge in [0.15, 0.2) is 9.84 Å². The van der Waals surface area contributed by atoms with Gasteiger partial charge in [0, 0.05) is 18.7 Å². The number of hydrogen-bond acceptors (Lipinski definition) is 5. The Kier molecular flexibility index (Phi) is 3.45. The molecular weight excluding hydrogens is 358 g/mol. The molecule has 3 rings (SSSR count). The van der Waals surface area contributed by atoms with Gasteiger partial charge in [0.05, 0.1) is 21.7 Å². The van der Waals surface area contributed by atoms with Crippen molar-refractivity contribution < 1.29 is 13.2 Å². The molecule has 0 radical (unpaired) electrons. The predicted molar refractivity (Wildman–Crippen MR) is 83.8 cm³/mol. The quantitative estimate of drug-likeness (QED) is 0.885. The lowest BCUT2D eigenvalue weighted by Gasteiger charge is -2.27. The number of aromatic nitrogens is 2. The third kappa shape index (κ3) is 2.91. The summed E-state index contributed by atoms with van der Waals surface area (Å²) in [6.07, 6.45) is -0.261. The van der Waals surface area contributed by atoms with E-state index in [0.29, 0.717) is 11.6 Å². The van der Waals surface area contributed by atoms with Crippen LogP contribution >= 0.6 is 15.9 Å². The maximum atomic E-state index is 11.1. The third-order valence-corrected chi connectivity index (χ3v) is 5.70. The van der Waals surface area contributed by atoms with Crippen LogP contribution in [-0.4, -0.2) is 35.8 Å². The molecule has 1 aliphatic heterocycles. The zero-order chi connectivity index (χ0) is 15.2. The van der Waals surface area contributed by atoms with Gasteiger partial charge in [-0.3, -0.25) is 4.68 Å². The molecule has 1 saturated heterocycles. The monoisotopic (exact) mass is 371 g/mol. The van der Waals surface area contributed by atoms with Crippen molar-refractivity contribution >= 4 is 31.6 Å². The van der Waals surface area contributed by atoms with Crippen LogP contribution in [0.5, 0.6) is 5.75 Å². The molecule has 0 unspecified atom stereocenters. The highest BCUT2D eigenvalue weighted by Crippen LogP contribution is 2.32. The number of sulfone groups is 1. The molecule has 2 heterocycles. The molecule has 0 saturated carbocycles. The first kappa shape index (κ1) is 14.4. The van der Waals surface area contributed by atoms with Crippen molar-refractivity contribution in [2.45, 2.75) is 6.10 Å². The molecule has 6 nitrogen and oxygen atoms in total. The van der Waals surface area contributed by atoms with Gasteiger partial charge in [0.1, 0.15) is 17.7 Å². The van der Waals surface area contributed by atoms with E-state index in [1.54, 1.807) is 23.9 Å². The molecule has 0 spiro atoms. The second-order valence-electron chi connectivity index (χ2n) is 5.04. The number of hydrogen-bond donors (Lipinski definition) is 1. The topological polar surface area (TPSA) is 87.2 Å². The second-order valence-corrected chi connectivity index (χ2v) is 8.05. The van der Waals surface area contributed by atoms with Gasteiger partial charge in [-0.15, -0.1) is 0 Å². The first-order valence-corrected chi connectivity index (χ1v) is 8.92. The first-order chi connectivity index (χ1) is 9.84. The number of rotatable bonds is 3. The molecule has 1 fully saturated rings. The summed E-state index contributed by atoms with van der Waals surface area (Å²) in [5, 5.41) is 4.31. The molecule has 112 valence electrons. The minimum absolute atomic E-state index is 0.0813. The lowest BCUT2D eigenvalue weighted by molar-refractivity contribution is 0.229. The molecule has 2 N–H and O–H groups in total. The summed E-state index contributed by atoms with van der Waals surface area (Å²) >= 11 is 3.44. The largest absolute Gasteiger partial charge is 0.487 e. The van der Waals surface area contributed by atoms with Gasteiger partial charge in [-0.1, -0.05) is 0 Å². The van der Waals surface area contributed by atoms with Gasteiger partial charge in [0.2, 0.25) is 0 Å². The van der Waals surface area contributed by atoms with Crippen LogP contribution in [0.1, 0.15) is 0 Å². The Labute approximate surface area is 130 Å². The fraction of sp³-hybridized carbons (Fsp3) is 0.308. The molecule has 1 aliphatic rings. The van der Waals surface area contributed by atoms with Crippen molar-refractivity contribution in [2.24, 2.45) is 7.05 Å². The standard InChI is InChI=1S/C13H14BrN3O3S/c1-17-13(15)5-11(16-17)8-2-3-12(10(14)4-8)20-9-6-21(18,19)7-9/h2-5,9H,6-7,15H2,1H3. The molecule has 21 heavy (non-hydrogen) atoms. The Morgan fingerprint density at radius 3 is 2.62 bits per heavy atom. The number of benzene rings is 1. The number of nitrogens with zero attached hydrogens (tertiary/aromatic N) is 2. The Morgan fingerprint density at radius 2 is 2.10 bits per heavy atom. The molecule has 2 aromatic rings. The van der Waals surface area contributed by atoms with E-state index in [-0.39, 0.29) is 17.6 Å². The van der Waals surface area contributed by atoms with Gasteiger partial charge >= 0.3 is 0 Å². The van der Waals surface area contributed by atoms with Crippen LogP contribution < -0.4 is 10.5 Å². The fourth-order valence-corrected chi connectivity index (χ4v) is 3.79. The minimum atomic E-state index is -2.88. The van der Waals surface area contributed by atoms with Crippen molar-refractivity contribution in [3.63, 3.8) is 0 Å². The molecule has 1 aromatic heterocycles. The molecule has 0 bridgehead atoms. The van der Waals surface area contributed by atoms with Crippen LogP contribution in [0.2, 0.25) is 0 Å². The van der Waals surface area contributed by atoms with Gasteiger partial charge < -0.3 is 10.5 Å². The molecule has 0 atom stereocenters. The van der Waals surface area contributed by atoms with E-state index in [9.17, 15) is 8.42 Å². The van der Waals surface area contributed by atoms with Gasteiger partial charge in [-0.25, -0.2) is 8.42 Å². The maximum absolute atomic E-state index is 11.1. The van der Waals surface area contributed by atoms with E-state index >= 15 is 0 Å². The summed E-state index contributed by atoms with van der Waals surface area (Å²) in [5.41, 5.74) is 7.45. The molecule has 0 amide bonds. The number of ether oxygens (including phenoxy) is 1. The van der Waals surface area contributed by atoms with Crippen LogP contribution in [0.3, 0.4) is 0 Å². The van der Waals surface area contributed by atoms with Crippen molar-refractivity contribution in [3.8, 4) is 17.0 Å². The average molecular weight is 372 g/mol. The molecular formula is C13H14BrN3O3S. The Morgan fingerprint density at radius 1 is 1.38 bits per heavy atom. The second kappa shape index (κ2) is 5.03. The van der Waals surface area contributed by atoms with Crippen LogP contribution in [0, 0.1) is 0 Å². The number of anilines is 1. The number of halogens is 1. The van der Waals surface area contributed by atoms with E-state index < -0.39 is 9.84 Å². The summed E-state index contributed by atoms with van der Waals surface area (Å²) in [7, 11) is -1.10. The zero-order valence-electron chi connectivity index (χ0n) is 11.3. The normalized spacial score (nSPS) is 17.4. The predicted octanol–water partition coefficient (Wildman–Crippen LogP) is 1.61. The van der Waals surface area contributed by atoms with Crippen molar-refractivity contribution in [3.05, 3.63) is 28.7 Å². The third-order valence-electron chi connectivity index (χ3n) is 3.32. The van der Waals surface area contributed by atoms with E-state index in [4.69, 9.17) is 10.5 Å². The van der Waals surface area contributed by atoms with Gasteiger partial charge in [-0.2, -0.15) is 5.10 Å². The highest BCUT2D eigenvalue weighted by atomic mass is 79.9. The number of nitrogens with two attached hydrogens (primary N) is 1. The van der Waals surface area contributed by atoms with Gasteiger partial charge in [0.25, 0.3) is 0 Å². The molecule has 0 aliphatic carbocycles. The minimum Gasteiger partial charge on any atom is -0.487 e. The van der Waals surface area contributed by atoms with E-state index in [2.05, 4.69) is 21.0 Å². The number of nitrogen functional groups attached to an aromatic ring is 1. The summed E-state index contributed by atoms with van der Waals surface area (Å²) in [6.45, 7) is 0. The highest BCUT2D eigenvalue weighted by Gasteiger charge is 2.35. The number of aryl methyl sites for hydroxylation is 1. The molecule has 8 heteroatoms. The first-order valence-electron chi connectivity index (χ1n) is 6.30. The van der Waals surface area contributed by atoms with Crippen LogP contribution in [-0.2, 0) is 16.9 Å². The van der Waals surface area contributed by atoms with E-state index in [0.717, 1.165) is 15.7 Å². The average Bonchev–Trinajstić information content (AvgIpc) is 2.70. The van der Waals surface area contributed by atoms with Crippen LogP contribution in [0.25, 0.3) is 11.3 Å². The van der Waals surface area contributed by atoms with E-state index in [1.165, 1.54) is 0 Å². The van der Waals surface area contributed by atoms with Crippen molar-refractivity contribution in [1.82, 2.24) is 9.78 Å². The Hall–Kier alpha value is -1.54. The van der Waals surface area contributed by atoms with Gasteiger partial charge in [-0.05, 0) is 34.1 Å². The van der Waals surface area contributed by atoms with E-state index in [1.807, 2.05) is 12.1 Å². The Balaban J connectivity index is 1.80. The zero-order valence-corrected chi connectivity index (χ0v) is 13.7. The summed E-state index contributed by atoms with van der Waals surface area (Å²) in [4.78, 5) is 0. The maximum Gasteiger partial charge on any atom is 0.157 e. The summed E-state index contributed by atoms with van der Waals surface area (Å²) in [5.74, 6) is 1.37. The van der Waals surface area contributed by atoms with Crippen LogP contribution in [0.4, 0.5) is 5.82 Å². The highest BCUT2D eigenvalue weighted by molar-refractivity contribution is 9.10.